The molecule has 1 aromatic carbocycles. The Morgan fingerprint density at radius 1 is 1.20 bits per heavy atom. The Kier molecular flexibility index (Phi) is 3.36. The highest BCUT2D eigenvalue weighted by Gasteiger charge is 2.33. The van der Waals surface area contributed by atoms with Gasteiger partial charge in [-0.05, 0) is 32.0 Å². The van der Waals surface area contributed by atoms with E-state index in [0.717, 1.165) is 0 Å². The second kappa shape index (κ2) is 3.94. The predicted octanol–water partition coefficient (Wildman–Crippen LogP) is 2.50. The number of halogens is 2. The van der Waals surface area contributed by atoms with E-state index < -0.39 is 14.8 Å². The van der Waals surface area contributed by atoms with E-state index in [2.05, 4.69) is 0 Å². The molecule has 0 heterocycles. The lowest BCUT2D eigenvalue weighted by Crippen LogP contribution is -2.31. The molecule has 0 bridgehead atoms. The molecule has 0 aliphatic rings. The average Bonchev–Trinajstić information content (AvgIpc) is 2.07. The molecule has 1 N–H and O–H groups in total. The van der Waals surface area contributed by atoms with Gasteiger partial charge in [-0.15, -0.1) is 0 Å². The number of aliphatic hydroxyl groups is 1. The molecule has 0 spiro atoms. The van der Waals surface area contributed by atoms with Crippen LogP contribution in [0.1, 0.15) is 13.8 Å². The van der Waals surface area contributed by atoms with Gasteiger partial charge in [0.2, 0.25) is 9.84 Å². The molecule has 6 heteroatoms. The van der Waals surface area contributed by atoms with Gasteiger partial charge in [-0.25, -0.2) is 8.42 Å². The van der Waals surface area contributed by atoms with Crippen molar-refractivity contribution in [1.29, 1.82) is 0 Å². The number of sulfone groups is 1. The molecule has 0 fully saturated rings. The summed E-state index contributed by atoms with van der Waals surface area (Å²) >= 11 is 11.3. The maximum absolute atomic E-state index is 11.8. The molecule has 84 valence electrons. The lowest BCUT2D eigenvalue weighted by Gasteiger charge is -2.18. The van der Waals surface area contributed by atoms with E-state index in [9.17, 15) is 13.5 Å². The number of rotatable bonds is 2. The summed E-state index contributed by atoms with van der Waals surface area (Å²) in [5.41, 5.74) is 0. The lowest BCUT2D eigenvalue weighted by molar-refractivity contribution is 0.165. The van der Waals surface area contributed by atoms with Gasteiger partial charge < -0.3 is 5.11 Å². The quantitative estimate of drug-likeness (QED) is 0.897. The maximum Gasteiger partial charge on any atom is 0.207 e. The normalized spacial score (nSPS) is 12.9. The van der Waals surface area contributed by atoms with Gasteiger partial charge >= 0.3 is 0 Å². The van der Waals surface area contributed by atoms with Crippen molar-refractivity contribution < 1.29 is 13.5 Å². The average molecular weight is 269 g/mol. The van der Waals surface area contributed by atoms with Gasteiger partial charge in [-0.2, -0.15) is 0 Å². The van der Waals surface area contributed by atoms with E-state index in [4.69, 9.17) is 23.2 Å². The van der Waals surface area contributed by atoms with Gasteiger partial charge in [-0.3, -0.25) is 0 Å². The minimum atomic E-state index is -3.80. The van der Waals surface area contributed by atoms with Crippen LogP contribution in [0.5, 0.6) is 0 Å². The number of hydrogen-bond acceptors (Lipinski definition) is 3. The first-order valence-corrected chi connectivity index (χ1v) is 6.32. The summed E-state index contributed by atoms with van der Waals surface area (Å²) in [6, 6.07) is 3.90. The highest BCUT2D eigenvalue weighted by atomic mass is 35.5. The van der Waals surface area contributed by atoms with Crippen molar-refractivity contribution in [2.45, 2.75) is 23.7 Å². The van der Waals surface area contributed by atoms with Crippen molar-refractivity contribution in [1.82, 2.24) is 0 Å². The first kappa shape index (κ1) is 12.8. The number of benzene rings is 1. The Bertz CT molecular complexity index is 475. The van der Waals surface area contributed by atoms with Gasteiger partial charge in [0.1, 0.15) is 0 Å². The zero-order chi connectivity index (χ0) is 11.9. The molecule has 0 amide bonds. The van der Waals surface area contributed by atoms with Crippen molar-refractivity contribution in [3.63, 3.8) is 0 Å². The summed E-state index contributed by atoms with van der Waals surface area (Å²) in [6.07, 6.45) is 0. The maximum atomic E-state index is 11.8. The monoisotopic (exact) mass is 268 g/mol. The Balaban J connectivity index is 3.36. The molecule has 0 saturated heterocycles. The molecule has 0 aromatic heterocycles. The van der Waals surface area contributed by atoms with Crippen LogP contribution in [-0.2, 0) is 9.84 Å². The molecule has 0 aliphatic carbocycles. The van der Waals surface area contributed by atoms with Gasteiger partial charge in [0.05, 0.1) is 14.9 Å². The van der Waals surface area contributed by atoms with Crippen molar-refractivity contribution in [3.05, 3.63) is 28.2 Å². The fourth-order valence-corrected chi connectivity index (χ4v) is 2.39. The van der Waals surface area contributed by atoms with Crippen LogP contribution in [0.15, 0.2) is 23.1 Å². The summed E-state index contributed by atoms with van der Waals surface area (Å²) in [5.74, 6) is 0. The highest BCUT2D eigenvalue weighted by Crippen LogP contribution is 2.29. The van der Waals surface area contributed by atoms with Gasteiger partial charge in [-0.1, -0.05) is 23.2 Å². The van der Waals surface area contributed by atoms with Crippen LogP contribution in [-0.4, -0.2) is 18.5 Å². The lowest BCUT2D eigenvalue weighted by atomic mass is 10.4. The van der Waals surface area contributed by atoms with Crippen LogP contribution in [0.2, 0.25) is 10.0 Å². The summed E-state index contributed by atoms with van der Waals surface area (Å²) in [6.45, 7) is 2.40. The molecular weight excluding hydrogens is 259 g/mol. The molecule has 0 unspecified atom stereocenters. The third-order valence-electron chi connectivity index (χ3n) is 1.86. The van der Waals surface area contributed by atoms with E-state index in [1.165, 1.54) is 32.0 Å². The molecule has 15 heavy (non-hydrogen) atoms. The summed E-state index contributed by atoms with van der Waals surface area (Å²) in [7, 11) is -3.80. The Hall–Kier alpha value is -0.290. The zero-order valence-corrected chi connectivity index (χ0v) is 10.5. The first-order valence-electron chi connectivity index (χ1n) is 4.08. The molecular formula is C9H10Cl2O3S. The Morgan fingerprint density at radius 2 is 1.73 bits per heavy atom. The van der Waals surface area contributed by atoms with E-state index in [1.54, 1.807) is 0 Å². The topological polar surface area (TPSA) is 54.4 Å². The van der Waals surface area contributed by atoms with Crippen LogP contribution in [0.3, 0.4) is 0 Å². The van der Waals surface area contributed by atoms with Crippen LogP contribution in [0.25, 0.3) is 0 Å². The molecule has 1 aromatic rings. The second-order valence-corrected chi connectivity index (χ2v) is 6.82. The van der Waals surface area contributed by atoms with Gasteiger partial charge in [0.15, 0.2) is 4.93 Å². The fourth-order valence-electron chi connectivity index (χ4n) is 0.932. The Labute approximate surface area is 98.6 Å². The molecule has 3 nitrogen and oxygen atoms in total. The predicted molar refractivity (Wildman–Crippen MR) is 59.9 cm³/mol. The largest absolute Gasteiger partial charge is 0.374 e. The van der Waals surface area contributed by atoms with Gasteiger partial charge in [0, 0.05) is 0 Å². The van der Waals surface area contributed by atoms with Crippen molar-refractivity contribution in [2.75, 3.05) is 0 Å². The molecule has 0 atom stereocenters. The third kappa shape index (κ3) is 2.45. The van der Waals surface area contributed by atoms with E-state index >= 15 is 0 Å². The third-order valence-corrected chi connectivity index (χ3v) is 4.79. The van der Waals surface area contributed by atoms with Crippen LogP contribution in [0.4, 0.5) is 0 Å². The second-order valence-electron chi connectivity index (χ2n) is 3.53. The minimum absolute atomic E-state index is 0.0515. The standard InChI is InChI=1S/C9H10Cl2O3S/c1-9(2,12)15(13,14)6-3-4-7(10)8(11)5-6/h3-5,12H,1-2H3. The van der Waals surface area contributed by atoms with Gasteiger partial charge in [0.25, 0.3) is 0 Å². The molecule has 0 aliphatic heterocycles. The molecule has 0 saturated carbocycles. The summed E-state index contributed by atoms with van der Waals surface area (Å²) in [5, 5.41) is 9.91. The minimum Gasteiger partial charge on any atom is -0.374 e. The first-order chi connectivity index (χ1) is 6.66. The molecule has 0 radical (unpaired) electrons. The Morgan fingerprint density at radius 3 is 2.13 bits per heavy atom. The number of hydrogen-bond donors (Lipinski definition) is 1. The smallest absolute Gasteiger partial charge is 0.207 e. The fraction of sp³-hybridized carbons (Fsp3) is 0.333. The van der Waals surface area contributed by atoms with Crippen molar-refractivity contribution in [2.24, 2.45) is 0 Å². The molecule has 1 rings (SSSR count). The zero-order valence-electron chi connectivity index (χ0n) is 8.16. The van der Waals surface area contributed by atoms with Crippen LogP contribution < -0.4 is 0 Å². The summed E-state index contributed by atoms with van der Waals surface area (Å²) in [4.78, 5) is -1.89. The highest BCUT2D eigenvalue weighted by molar-refractivity contribution is 7.92. The van der Waals surface area contributed by atoms with Crippen LogP contribution >= 0.6 is 23.2 Å². The van der Waals surface area contributed by atoms with Crippen molar-refractivity contribution in [3.8, 4) is 0 Å². The van der Waals surface area contributed by atoms with Crippen molar-refractivity contribution >= 4 is 33.0 Å². The SMILES string of the molecule is CC(C)(O)S(=O)(=O)c1ccc(Cl)c(Cl)c1. The van der Waals surface area contributed by atoms with Crippen LogP contribution in [0, 0.1) is 0 Å². The van der Waals surface area contributed by atoms with E-state index in [1.807, 2.05) is 0 Å². The summed E-state index contributed by atoms with van der Waals surface area (Å²) < 4.78 is 23.5. The van der Waals surface area contributed by atoms with E-state index in [-0.39, 0.29) is 14.9 Å². The van der Waals surface area contributed by atoms with E-state index in [0.29, 0.717) is 0 Å².